The maximum atomic E-state index is 10.0. The van der Waals surface area contributed by atoms with Gasteiger partial charge in [-0.15, -0.1) is 0 Å². The predicted molar refractivity (Wildman–Crippen MR) is 29.4 cm³/mol. The van der Waals surface area contributed by atoms with Crippen LogP contribution in [0.2, 0.25) is 0 Å². The smallest absolute Gasteiger partial charge is 0.170 e. The fourth-order valence-electron chi connectivity index (χ4n) is 0.158. The average Bonchev–Trinajstić information content (AvgIpc) is 1.61. The van der Waals surface area contributed by atoms with Gasteiger partial charge in [-0.2, -0.15) is 0 Å². The van der Waals surface area contributed by atoms with Crippen molar-refractivity contribution in [3.05, 3.63) is 12.8 Å². The lowest BCUT2D eigenvalue weighted by molar-refractivity contribution is -0.110. The Kier molecular flexibility index (Phi) is 2.85. The molecule has 2 nitrogen and oxygen atoms in total. The van der Waals surface area contributed by atoms with Crippen LogP contribution < -0.4 is 0 Å². The topological polar surface area (TPSA) is 29.4 Å². The van der Waals surface area contributed by atoms with Crippen molar-refractivity contribution in [1.29, 1.82) is 0 Å². The van der Waals surface area contributed by atoms with Crippen molar-refractivity contribution in [3.63, 3.8) is 0 Å². The van der Waals surface area contributed by atoms with Crippen molar-refractivity contribution in [3.8, 4) is 0 Å². The number of carbonyl (C=O) groups is 1. The summed E-state index contributed by atoms with van der Waals surface area (Å²) in [6.45, 7) is 4.72. The normalized spacial score (nSPS) is 9.29. The average molecular weight is 97.1 g/mol. The molecule has 0 aliphatic heterocycles. The van der Waals surface area contributed by atoms with Crippen LogP contribution in [0.5, 0.6) is 0 Å². The molecule has 2 heteroatoms. The van der Waals surface area contributed by atoms with Gasteiger partial charge in [-0.05, 0) is 0 Å². The zero-order chi connectivity index (χ0) is 5.70. The quantitative estimate of drug-likeness (QED) is 0.468. The molecule has 0 rings (SSSR count). The summed E-state index contributed by atoms with van der Waals surface area (Å²) >= 11 is 0. The minimum absolute atomic E-state index is 0.0556. The third-order valence-electron chi connectivity index (χ3n) is 0.362. The van der Waals surface area contributed by atoms with E-state index in [4.69, 9.17) is 0 Å². The van der Waals surface area contributed by atoms with Crippen LogP contribution in [0, 0.1) is 0 Å². The molecule has 0 saturated carbocycles. The van der Waals surface area contributed by atoms with Gasteiger partial charge in [-0.3, -0.25) is 9.79 Å². The van der Waals surface area contributed by atoms with E-state index >= 15 is 0 Å². The Morgan fingerprint density at radius 2 is 2.43 bits per heavy atom. The van der Waals surface area contributed by atoms with Gasteiger partial charge in [0.15, 0.2) is 5.78 Å². The third kappa shape index (κ3) is 5.08. The molecule has 0 N–H and O–H groups in total. The monoisotopic (exact) mass is 97.1 g/mol. The molecule has 0 aliphatic rings. The molecule has 0 unspecified atom stereocenters. The first-order valence-electron chi connectivity index (χ1n) is 1.92. The maximum absolute atomic E-state index is 10.0. The second-order valence-corrected chi connectivity index (χ2v) is 1.07. The Morgan fingerprint density at radius 3 is 2.57 bits per heavy atom. The van der Waals surface area contributed by atoms with Gasteiger partial charge >= 0.3 is 0 Å². The summed E-state index contributed by atoms with van der Waals surface area (Å²) in [6, 6.07) is 0. The summed E-state index contributed by atoms with van der Waals surface area (Å²) in [5.41, 5.74) is 0. The van der Waals surface area contributed by atoms with Crippen LogP contribution in [0.1, 0.15) is 6.92 Å². The highest BCUT2D eigenvalue weighted by Gasteiger charge is 1.75. The third-order valence-corrected chi connectivity index (χ3v) is 0.362. The lowest BCUT2D eigenvalue weighted by Gasteiger charge is -1.70. The molecule has 0 spiro atoms. The van der Waals surface area contributed by atoms with E-state index in [1.807, 2.05) is 0 Å². The molecular weight excluding hydrogens is 90.1 g/mol. The highest BCUT2D eigenvalue weighted by atomic mass is 16.1. The maximum Gasteiger partial charge on any atom is 0.170 e. The number of Topliss-reactive ketones (excluding diaryl/α,β-unsaturated/α-hetero) is 1. The number of carbonyl (C=O) groups excluding carboxylic acids is 1. The van der Waals surface area contributed by atoms with Crippen LogP contribution in [0.3, 0.4) is 0 Å². The Balaban J connectivity index is 3.46. The van der Waals surface area contributed by atoms with Gasteiger partial charge in [0.1, 0.15) is 0 Å². The van der Waals surface area contributed by atoms with Gasteiger partial charge in [0.25, 0.3) is 0 Å². The molecule has 0 aliphatic carbocycles. The minimum atomic E-state index is -0.0556. The Hall–Kier alpha value is -0.920. The minimum Gasteiger partial charge on any atom is -0.293 e. The molecule has 0 amide bonds. The SMILES string of the molecule is C=CN=CC(C)=O. The molecule has 0 aromatic heterocycles. The fourth-order valence-corrected chi connectivity index (χ4v) is 0.158. The first-order valence-corrected chi connectivity index (χ1v) is 1.92. The van der Waals surface area contributed by atoms with Crippen molar-refractivity contribution < 1.29 is 4.79 Å². The molecule has 7 heavy (non-hydrogen) atoms. The van der Waals surface area contributed by atoms with Gasteiger partial charge in [0, 0.05) is 13.1 Å². The van der Waals surface area contributed by atoms with E-state index in [-0.39, 0.29) is 5.78 Å². The van der Waals surface area contributed by atoms with Crippen LogP contribution in [0.25, 0.3) is 0 Å². The molecule has 0 aromatic rings. The van der Waals surface area contributed by atoms with E-state index in [1.165, 1.54) is 19.3 Å². The van der Waals surface area contributed by atoms with E-state index in [0.29, 0.717) is 0 Å². The van der Waals surface area contributed by atoms with Crippen LogP contribution in [0.15, 0.2) is 17.8 Å². The zero-order valence-electron chi connectivity index (χ0n) is 4.22. The van der Waals surface area contributed by atoms with Crippen molar-refractivity contribution in [2.45, 2.75) is 6.92 Å². The number of aliphatic imine (C=N–C) groups is 1. The lowest BCUT2D eigenvalue weighted by Crippen LogP contribution is -1.87. The van der Waals surface area contributed by atoms with Crippen LogP contribution in [0.4, 0.5) is 0 Å². The molecule has 0 fully saturated rings. The molecule has 0 heterocycles. The molecule has 0 bridgehead atoms. The summed E-state index contributed by atoms with van der Waals surface area (Å²) in [5, 5.41) is 0. The molecule has 0 saturated heterocycles. The summed E-state index contributed by atoms with van der Waals surface area (Å²) in [5.74, 6) is -0.0556. The summed E-state index contributed by atoms with van der Waals surface area (Å²) < 4.78 is 0. The molecular formula is C5H7NO. The van der Waals surface area contributed by atoms with Gasteiger partial charge in [-0.25, -0.2) is 0 Å². The predicted octanol–water partition coefficient (Wildman–Crippen LogP) is 0.790. The van der Waals surface area contributed by atoms with E-state index in [9.17, 15) is 4.79 Å². The van der Waals surface area contributed by atoms with Crippen molar-refractivity contribution in [2.24, 2.45) is 4.99 Å². The number of hydrogen-bond acceptors (Lipinski definition) is 2. The Morgan fingerprint density at radius 1 is 1.86 bits per heavy atom. The second kappa shape index (κ2) is 3.28. The molecule has 38 valence electrons. The van der Waals surface area contributed by atoms with Gasteiger partial charge in [0.05, 0.1) is 6.21 Å². The van der Waals surface area contributed by atoms with Crippen molar-refractivity contribution in [1.82, 2.24) is 0 Å². The summed E-state index contributed by atoms with van der Waals surface area (Å²) in [4.78, 5) is 13.5. The highest BCUT2D eigenvalue weighted by Crippen LogP contribution is 1.64. The number of ketones is 1. The molecule has 0 radical (unpaired) electrons. The van der Waals surface area contributed by atoms with E-state index in [2.05, 4.69) is 11.6 Å². The Bertz CT molecular complexity index is 105. The number of rotatable bonds is 2. The summed E-state index contributed by atoms with van der Waals surface area (Å²) in [7, 11) is 0. The van der Waals surface area contributed by atoms with Crippen molar-refractivity contribution in [2.75, 3.05) is 0 Å². The molecule has 0 aromatic carbocycles. The highest BCUT2D eigenvalue weighted by molar-refractivity contribution is 6.26. The first-order chi connectivity index (χ1) is 3.27. The largest absolute Gasteiger partial charge is 0.293 e. The van der Waals surface area contributed by atoms with E-state index in [1.54, 1.807) is 0 Å². The van der Waals surface area contributed by atoms with Gasteiger partial charge < -0.3 is 0 Å². The number of hydrogen-bond donors (Lipinski definition) is 0. The van der Waals surface area contributed by atoms with Crippen LogP contribution in [-0.2, 0) is 4.79 Å². The van der Waals surface area contributed by atoms with E-state index in [0.717, 1.165) is 0 Å². The van der Waals surface area contributed by atoms with Gasteiger partial charge in [-0.1, -0.05) is 6.58 Å². The van der Waals surface area contributed by atoms with Gasteiger partial charge in [0.2, 0.25) is 0 Å². The first kappa shape index (κ1) is 6.08. The Labute approximate surface area is 42.6 Å². The number of nitrogens with zero attached hydrogens (tertiary/aromatic N) is 1. The molecule has 0 atom stereocenters. The second-order valence-electron chi connectivity index (χ2n) is 1.07. The van der Waals surface area contributed by atoms with E-state index < -0.39 is 0 Å². The summed E-state index contributed by atoms with van der Waals surface area (Å²) in [6.07, 6.45) is 2.54. The zero-order valence-corrected chi connectivity index (χ0v) is 4.22. The fraction of sp³-hybridized carbons (Fsp3) is 0.200. The van der Waals surface area contributed by atoms with Crippen LogP contribution in [-0.4, -0.2) is 12.0 Å². The van der Waals surface area contributed by atoms with Crippen molar-refractivity contribution >= 4 is 12.0 Å². The standard InChI is InChI=1S/C5H7NO/c1-3-6-4-5(2)7/h3-4H,1H2,2H3. The lowest BCUT2D eigenvalue weighted by atomic mass is 10.5. The van der Waals surface area contributed by atoms with Crippen LogP contribution >= 0.6 is 0 Å².